The zero-order valence-corrected chi connectivity index (χ0v) is 24.5. The van der Waals surface area contributed by atoms with Gasteiger partial charge in [0.15, 0.2) is 5.65 Å². The Morgan fingerprint density at radius 3 is 2.34 bits per heavy atom. The van der Waals surface area contributed by atoms with Crippen molar-refractivity contribution in [2.45, 2.75) is 59.2 Å². The van der Waals surface area contributed by atoms with Crippen LogP contribution in [0.4, 0.5) is 10.5 Å². The highest BCUT2D eigenvalue weighted by Crippen LogP contribution is 2.32. The number of hydrogen-bond donors (Lipinski definition) is 0. The maximum atomic E-state index is 12.7. The summed E-state index contributed by atoms with van der Waals surface area (Å²) in [5.41, 5.74) is 7.52. The molecule has 0 spiro atoms. The molecule has 4 heterocycles. The van der Waals surface area contributed by atoms with Crippen LogP contribution in [-0.4, -0.2) is 61.3 Å². The monoisotopic (exact) mass is 548 g/mol. The van der Waals surface area contributed by atoms with Crippen molar-refractivity contribution in [2.24, 2.45) is 0 Å². The van der Waals surface area contributed by atoms with Gasteiger partial charge in [-0.05, 0) is 76.9 Å². The van der Waals surface area contributed by atoms with Crippen molar-refractivity contribution in [3.63, 3.8) is 0 Å². The Balaban J connectivity index is 1.23. The van der Waals surface area contributed by atoms with Gasteiger partial charge in [0.1, 0.15) is 5.60 Å². The number of piperazine rings is 1. The lowest BCUT2D eigenvalue weighted by molar-refractivity contribution is 0.0193. The van der Waals surface area contributed by atoms with Gasteiger partial charge in [-0.1, -0.05) is 30.3 Å². The number of carbonyl (C=O) groups is 1. The molecule has 2 atom stereocenters. The van der Waals surface area contributed by atoms with Gasteiger partial charge >= 0.3 is 6.09 Å². The summed E-state index contributed by atoms with van der Waals surface area (Å²) in [5, 5.41) is 5.73. The van der Waals surface area contributed by atoms with E-state index in [0.29, 0.717) is 13.1 Å². The highest BCUT2D eigenvalue weighted by molar-refractivity contribution is 5.98. The third-order valence-electron chi connectivity index (χ3n) is 7.59. The van der Waals surface area contributed by atoms with Gasteiger partial charge < -0.3 is 14.5 Å². The van der Waals surface area contributed by atoms with E-state index in [9.17, 15) is 4.79 Å². The van der Waals surface area contributed by atoms with Crippen molar-refractivity contribution in [3.8, 4) is 22.3 Å². The summed E-state index contributed by atoms with van der Waals surface area (Å²) in [5.74, 6) is 0. The summed E-state index contributed by atoms with van der Waals surface area (Å²) < 4.78 is 7.46. The van der Waals surface area contributed by atoms with Crippen LogP contribution in [0.25, 0.3) is 38.8 Å². The fourth-order valence-corrected chi connectivity index (χ4v) is 5.84. The van der Waals surface area contributed by atoms with Crippen molar-refractivity contribution in [1.29, 1.82) is 0 Å². The quantitative estimate of drug-likeness (QED) is 0.248. The Morgan fingerprint density at radius 2 is 1.63 bits per heavy atom. The molecular formula is C33H36N6O2. The normalized spacial score (nSPS) is 17.8. The van der Waals surface area contributed by atoms with Crippen LogP contribution >= 0.6 is 0 Å². The molecule has 1 fully saturated rings. The van der Waals surface area contributed by atoms with Gasteiger partial charge in [-0.2, -0.15) is 5.10 Å². The molecule has 1 saturated heterocycles. The van der Waals surface area contributed by atoms with E-state index in [2.05, 4.69) is 65.2 Å². The van der Waals surface area contributed by atoms with Crippen LogP contribution in [0.2, 0.25) is 0 Å². The van der Waals surface area contributed by atoms with E-state index in [0.717, 1.165) is 50.2 Å². The highest BCUT2D eigenvalue weighted by atomic mass is 16.6. The Bertz CT molecular complexity index is 1730. The maximum Gasteiger partial charge on any atom is 0.410 e. The Labute approximate surface area is 240 Å². The average Bonchev–Trinajstić information content (AvgIpc) is 3.35. The second-order valence-electron chi connectivity index (χ2n) is 12.0. The summed E-state index contributed by atoms with van der Waals surface area (Å²) >= 11 is 0. The SMILES string of the molecule is Cc1ccc2c(-c3cnn4cc(-c5ccc(N6[C@H](C)CN(C(=O)OC(C)(C)C)C[C@@H]6C)cc5)cnc34)cccc2n1. The number of amides is 1. The van der Waals surface area contributed by atoms with Crippen molar-refractivity contribution in [1.82, 2.24) is 24.5 Å². The Kier molecular flexibility index (Phi) is 6.64. The van der Waals surface area contributed by atoms with Gasteiger partial charge in [0.25, 0.3) is 0 Å². The number of aromatic nitrogens is 4. The molecule has 5 aromatic rings. The number of pyridine rings is 1. The zero-order chi connectivity index (χ0) is 28.9. The highest BCUT2D eigenvalue weighted by Gasteiger charge is 2.34. The molecule has 6 rings (SSSR count). The molecular weight excluding hydrogens is 512 g/mol. The van der Waals surface area contributed by atoms with E-state index in [1.165, 1.54) is 0 Å². The van der Waals surface area contributed by atoms with Crippen LogP contribution in [-0.2, 0) is 4.74 Å². The number of anilines is 1. The van der Waals surface area contributed by atoms with Crippen LogP contribution in [0.3, 0.4) is 0 Å². The molecule has 1 amide bonds. The van der Waals surface area contributed by atoms with Gasteiger partial charge in [-0.3, -0.25) is 4.98 Å². The number of hydrogen-bond acceptors (Lipinski definition) is 6. The second kappa shape index (κ2) is 10.2. The number of nitrogens with zero attached hydrogens (tertiary/aromatic N) is 6. The van der Waals surface area contributed by atoms with E-state index in [4.69, 9.17) is 9.72 Å². The first kappa shape index (κ1) is 26.7. The van der Waals surface area contributed by atoms with Gasteiger partial charge in [-0.25, -0.2) is 14.3 Å². The number of ether oxygens (including phenoxy) is 1. The Morgan fingerprint density at radius 1 is 0.902 bits per heavy atom. The fourth-order valence-electron chi connectivity index (χ4n) is 5.84. The first-order valence-electron chi connectivity index (χ1n) is 14.1. The van der Waals surface area contributed by atoms with Crippen LogP contribution < -0.4 is 4.90 Å². The molecule has 8 heteroatoms. The molecule has 0 aliphatic carbocycles. The summed E-state index contributed by atoms with van der Waals surface area (Å²) in [6.45, 7) is 13.3. The number of benzene rings is 2. The van der Waals surface area contributed by atoms with Crippen molar-refractivity contribution < 1.29 is 9.53 Å². The van der Waals surface area contributed by atoms with E-state index < -0.39 is 5.60 Å². The van der Waals surface area contributed by atoms with Crippen LogP contribution in [0.5, 0.6) is 0 Å². The maximum absolute atomic E-state index is 12.7. The molecule has 1 aliphatic rings. The third kappa shape index (κ3) is 5.22. The van der Waals surface area contributed by atoms with Crippen LogP contribution in [0.1, 0.15) is 40.3 Å². The minimum Gasteiger partial charge on any atom is -0.444 e. The number of rotatable bonds is 3. The molecule has 0 saturated carbocycles. The summed E-state index contributed by atoms with van der Waals surface area (Å²) in [4.78, 5) is 26.4. The lowest BCUT2D eigenvalue weighted by atomic mass is 10.0. The zero-order valence-electron chi connectivity index (χ0n) is 24.5. The van der Waals surface area contributed by atoms with Crippen molar-refractivity contribution in [3.05, 3.63) is 78.9 Å². The molecule has 0 bridgehead atoms. The van der Waals surface area contributed by atoms with Gasteiger partial charge in [0, 0.05) is 65.5 Å². The lowest BCUT2D eigenvalue weighted by Crippen LogP contribution is -2.58. The minimum absolute atomic E-state index is 0.158. The molecule has 2 aromatic carbocycles. The third-order valence-corrected chi connectivity index (χ3v) is 7.59. The molecule has 210 valence electrons. The Hall–Kier alpha value is -4.46. The second-order valence-corrected chi connectivity index (χ2v) is 12.0. The van der Waals surface area contributed by atoms with Gasteiger partial charge in [0.2, 0.25) is 0 Å². The first-order chi connectivity index (χ1) is 19.6. The van der Waals surface area contributed by atoms with Crippen LogP contribution in [0, 0.1) is 6.92 Å². The number of aryl methyl sites for hydroxylation is 1. The molecule has 0 radical (unpaired) electrons. The number of fused-ring (bicyclic) bond motifs is 2. The minimum atomic E-state index is -0.501. The summed E-state index contributed by atoms with van der Waals surface area (Å²) in [7, 11) is 0. The van der Waals surface area contributed by atoms with E-state index >= 15 is 0 Å². The van der Waals surface area contributed by atoms with Gasteiger partial charge in [0.05, 0.1) is 11.7 Å². The largest absolute Gasteiger partial charge is 0.444 e. The topological polar surface area (TPSA) is 75.9 Å². The smallest absolute Gasteiger partial charge is 0.410 e. The van der Waals surface area contributed by atoms with Crippen molar-refractivity contribution in [2.75, 3.05) is 18.0 Å². The van der Waals surface area contributed by atoms with Crippen LogP contribution in [0.15, 0.2) is 73.2 Å². The van der Waals surface area contributed by atoms with Crippen molar-refractivity contribution >= 4 is 28.3 Å². The predicted octanol–water partition coefficient (Wildman–Crippen LogP) is 6.75. The molecule has 0 N–H and O–H groups in total. The summed E-state index contributed by atoms with van der Waals surface area (Å²) in [6.07, 6.45) is 5.57. The molecule has 41 heavy (non-hydrogen) atoms. The molecule has 8 nitrogen and oxygen atoms in total. The number of carbonyl (C=O) groups excluding carboxylic acids is 1. The summed E-state index contributed by atoms with van der Waals surface area (Å²) in [6, 6.07) is 19.2. The molecule has 1 aliphatic heterocycles. The molecule has 0 unspecified atom stereocenters. The standard InChI is InChI=1S/C33H36N6O2/c1-21-10-15-28-27(8-7-9-30(28)36-21)29-17-35-38-20-25(16-34-31(29)38)24-11-13-26(14-12-24)39-22(2)18-37(19-23(39)3)32(40)41-33(4,5)6/h7-17,20,22-23H,18-19H2,1-6H3/t22-,23+. The fraction of sp³-hybridized carbons (Fsp3) is 0.333. The lowest BCUT2D eigenvalue weighted by Gasteiger charge is -2.45. The average molecular weight is 549 g/mol. The molecule has 3 aromatic heterocycles. The first-order valence-corrected chi connectivity index (χ1v) is 14.1. The van der Waals surface area contributed by atoms with E-state index in [-0.39, 0.29) is 18.2 Å². The van der Waals surface area contributed by atoms with E-state index in [1.807, 2.05) is 73.9 Å². The van der Waals surface area contributed by atoms with E-state index in [1.54, 1.807) is 0 Å². The van der Waals surface area contributed by atoms with Gasteiger partial charge in [-0.15, -0.1) is 0 Å². The predicted molar refractivity (Wildman–Crippen MR) is 163 cm³/mol.